The summed E-state index contributed by atoms with van der Waals surface area (Å²) in [4.78, 5) is 0. The number of hydrogen-bond acceptors (Lipinski definition) is 5. The topological polar surface area (TPSA) is 57.2 Å². The zero-order chi connectivity index (χ0) is 15.6. The van der Waals surface area contributed by atoms with Crippen molar-refractivity contribution in [2.24, 2.45) is 0 Å². The molecule has 1 N–H and O–H groups in total. The van der Waals surface area contributed by atoms with E-state index in [1.165, 1.54) is 7.11 Å². The summed E-state index contributed by atoms with van der Waals surface area (Å²) in [5.41, 5.74) is 0.553. The van der Waals surface area contributed by atoms with E-state index in [1.807, 2.05) is 18.2 Å². The molecule has 0 spiro atoms. The lowest BCUT2D eigenvalue weighted by molar-refractivity contribution is 0.188. The molecule has 0 fully saturated rings. The van der Waals surface area contributed by atoms with Gasteiger partial charge in [-0.15, -0.1) is 0 Å². The third-order valence-corrected chi connectivity index (χ3v) is 3.44. The van der Waals surface area contributed by atoms with Crippen molar-refractivity contribution in [3.8, 4) is 23.0 Å². The highest BCUT2D eigenvalue weighted by atomic mass is 16.5. The van der Waals surface area contributed by atoms with E-state index in [0.717, 1.165) is 10.8 Å². The van der Waals surface area contributed by atoms with Crippen molar-refractivity contribution in [1.82, 2.24) is 0 Å². The van der Waals surface area contributed by atoms with E-state index in [4.69, 9.17) is 18.9 Å². The van der Waals surface area contributed by atoms with Crippen molar-refractivity contribution in [3.05, 3.63) is 23.8 Å². The van der Waals surface area contributed by atoms with Gasteiger partial charge in [0.2, 0.25) is 0 Å². The van der Waals surface area contributed by atoms with Gasteiger partial charge in [-0.2, -0.15) is 0 Å². The molecule has 2 rings (SSSR count). The summed E-state index contributed by atoms with van der Waals surface area (Å²) >= 11 is 0. The average Bonchev–Trinajstić information content (AvgIpc) is 2.51. The van der Waals surface area contributed by atoms with Gasteiger partial charge in [-0.3, -0.25) is 0 Å². The van der Waals surface area contributed by atoms with Crippen LogP contribution < -0.4 is 18.9 Å². The van der Waals surface area contributed by atoms with Crippen molar-refractivity contribution >= 4 is 10.8 Å². The number of hydrogen-bond donors (Lipinski definition) is 1. The lowest BCUT2D eigenvalue weighted by Gasteiger charge is -2.22. The maximum atomic E-state index is 10.1. The van der Waals surface area contributed by atoms with Crippen LogP contribution in [0.1, 0.15) is 18.6 Å². The fraction of sp³-hybridized carbons (Fsp3) is 0.375. The molecule has 114 valence electrons. The Morgan fingerprint density at radius 2 is 1.48 bits per heavy atom. The Morgan fingerprint density at radius 1 is 0.857 bits per heavy atom. The van der Waals surface area contributed by atoms with Crippen LogP contribution in [-0.2, 0) is 0 Å². The molecular weight excluding hydrogens is 272 g/mol. The molecule has 0 radical (unpaired) electrons. The third kappa shape index (κ3) is 2.34. The number of benzene rings is 2. The summed E-state index contributed by atoms with van der Waals surface area (Å²) in [6, 6.07) is 5.59. The first kappa shape index (κ1) is 15.3. The number of aliphatic hydroxyl groups is 1. The van der Waals surface area contributed by atoms with E-state index in [0.29, 0.717) is 28.6 Å². The van der Waals surface area contributed by atoms with E-state index < -0.39 is 6.10 Å². The molecule has 0 amide bonds. The van der Waals surface area contributed by atoms with Gasteiger partial charge in [0.15, 0.2) is 11.5 Å². The second-order valence-corrected chi connectivity index (χ2v) is 4.57. The van der Waals surface area contributed by atoms with E-state index in [1.54, 1.807) is 28.3 Å². The summed E-state index contributed by atoms with van der Waals surface area (Å²) in [5.74, 6) is 2.16. The molecule has 2 aromatic carbocycles. The number of ether oxygens (including phenoxy) is 4. The van der Waals surface area contributed by atoms with E-state index >= 15 is 0 Å². The maximum Gasteiger partial charge on any atom is 0.172 e. The SMILES string of the molecule is COc1c(C(C)O)c(OC)c2cccc(OC)c2c1OC. The van der Waals surface area contributed by atoms with Gasteiger partial charge < -0.3 is 24.1 Å². The molecule has 5 heteroatoms. The smallest absolute Gasteiger partial charge is 0.172 e. The van der Waals surface area contributed by atoms with Crippen LogP contribution in [0, 0.1) is 0 Å². The first-order chi connectivity index (χ1) is 10.1. The third-order valence-electron chi connectivity index (χ3n) is 3.44. The first-order valence-corrected chi connectivity index (χ1v) is 6.57. The van der Waals surface area contributed by atoms with Crippen LogP contribution in [0.4, 0.5) is 0 Å². The zero-order valence-corrected chi connectivity index (χ0v) is 12.9. The monoisotopic (exact) mass is 292 g/mol. The molecule has 0 aliphatic carbocycles. The molecule has 0 bridgehead atoms. The molecule has 2 aromatic rings. The molecule has 0 saturated heterocycles. The number of aliphatic hydroxyl groups excluding tert-OH is 1. The second kappa shape index (κ2) is 6.10. The maximum absolute atomic E-state index is 10.1. The van der Waals surface area contributed by atoms with E-state index in [9.17, 15) is 5.11 Å². The minimum Gasteiger partial charge on any atom is -0.496 e. The van der Waals surface area contributed by atoms with Crippen LogP contribution in [-0.4, -0.2) is 33.5 Å². The van der Waals surface area contributed by atoms with Crippen LogP contribution in [0.5, 0.6) is 23.0 Å². The van der Waals surface area contributed by atoms with Gasteiger partial charge in [0.1, 0.15) is 11.5 Å². The predicted molar refractivity (Wildman–Crippen MR) is 80.8 cm³/mol. The summed E-state index contributed by atoms with van der Waals surface area (Å²) in [6.07, 6.45) is -0.764. The molecule has 1 atom stereocenters. The van der Waals surface area contributed by atoms with Crippen molar-refractivity contribution in [1.29, 1.82) is 0 Å². The Balaban J connectivity index is 3.05. The van der Waals surface area contributed by atoms with Crippen LogP contribution in [0.3, 0.4) is 0 Å². The summed E-state index contributed by atoms with van der Waals surface area (Å²) in [7, 11) is 6.24. The minimum absolute atomic E-state index is 0.446. The lowest BCUT2D eigenvalue weighted by atomic mass is 9.99. The Labute approximate surface area is 124 Å². The summed E-state index contributed by atoms with van der Waals surface area (Å²) in [5, 5.41) is 11.7. The summed E-state index contributed by atoms with van der Waals surface area (Å²) in [6.45, 7) is 1.66. The zero-order valence-electron chi connectivity index (χ0n) is 12.9. The molecule has 5 nitrogen and oxygen atoms in total. The highest BCUT2D eigenvalue weighted by molar-refractivity contribution is 6.01. The van der Waals surface area contributed by atoms with Gasteiger partial charge in [0, 0.05) is 5.39 Å². The van der Waals surface area contributed by atoms with Gasteiger partial charge in [-0.25, -0.2) is 0 Å². The van der Waals surface area contributed by atoms with Crippen molar-refractivity contribution < 1.29 is 24.1 Å². The Bertz CT molecular complexity index is 649. The van der Waals surface area contributed by atoms with Gasteiger partial charge in [0.05, 0.1) is 45.5 Å². The molecular formula is C16H20O5. The quantitative estimate of drug-likeness (QED) is 0.918. The van der Waals surface area contributed by atoms with E-state index in [-0.39, 0.29) is 0 Å². The Kier molecular flexibility index (Phi) is 4.43. The molecule has 0 saturated carbocycles. The lowest BCUT2D eigenvalue weighted by Crippen LogP contribution is -2.04. The minimum atomic E-state index is -0.764. The normalized spacial score (nSPS) is 12.1. The molecule has 0 aliphatic rings. The van der Waals surface area contributed by atoms with Crippen LogP contribution in [0.15, 0.2) is 18.2 Å². The van der Waals surface area contributed by atoms with Crippen molar-refractivity contribution in [2.75, 3.05) is 28.4 Å². The van der Waals surface area contributed by atoms with Crippen LogP contribution in [0.2, 0.25) is 0 Å². The van der Waals surface area contributed by atoms with Crippen LogP contribution in [0.25, 0.3) is 10.8 Å². The van der Waals surface area contributed by atoms with Crippen molar-refractivity contribution in [2.45, 2.75) is 13.0 Å². The molecule has 0 aromatic heterocycles. The van der Waals surface area contributed by atoms with Crippen LogP contribution >= 0.6 is 0 Å². The first-order valence-electron chi connectivity index (χ1n) is 6.57. The largest absolute Gasteiger partial charge is 0.496 e. The number of methoxy groups -OCH3 is 4. The fourth-order valence-corrected chi connectivity index (χ4v) is 2.61. The Hall–Kier alpha value is -2.14. The number of fused-ring (bicyclic) bond motifs is 1. The molecule has 0 heterocycles. The van der Waals surface area contributed by atoms with Gasteiger partial charge in [-0.05, 0) is 13.0 Å². The molecule has 1 unspecified atom stereocenters. The highest BCUT2D eigenvalue weighted by Crippen LogP contribution is 2.50. The van der Waals surface area contributed by atoms with Gasteiger partial charge in [0.25, 0.3) is 0 Å². The van der Waals surface area contributed by atoms with Crippen molar-refractivity contribution in [3.63, 3.8) is 0 Å². The fourth-order valence-electron chi connectivity index (χ4n) is 2.61. The second-order valence-electron chi connectivity index (χ2n) is 4.57. The highest BCUT2D eigenvalue weighted by Gasteiger charge is 2.26. The average molecular weight is 292 g/mol. The predicted octanol–water partition coefficient (Wildman–Crippen LogP) is 2.93. The van der Waals surface area contributed by atoms with Gasteiger partial charge in [-0.1, -0.05) is 12.1 Å². The van der Waals surface area contributed by atoms with E-state index in [2.05, 4.69) is 0 Å². The summed E-state index contributed by atoms with van der Waals surface area (Å²) < 4.78 is 21.9. The standard InChI is InChI=1S/C16H20O5/c1-9(17)12-14(19-3)10-7-6-8-11(18-2)13(10)16(21-5)15(12)20-4/h6-9,17H,1-5H3. The van der Waals surface area contributed by atoms with Gasteiger partial charge >= 0.3 is 0 Å². The Morgan fingerprint density at radius 3 is 1.95 bits per heavy atom. The molecule has 0 aliphatic heterocycles. The molecule has 21 heavy (non-hydrogen) atoms. The number of rotatable bonds is 5.